The molecule has 0 bridgehead atoms. The molecular weight excluding hydrogens is 318 g/mol. The van der Waals surface area contributed by atoms with Gasteiger partial charge in [-0.2, -0.15) is 0 Å². The van der Waals surface area contributed by atoms with Gasteiger partial charge in [0.1, 0.15) is 19.0 Å². The summed E-state index contributed by atoms with van der Waals surface area (Å²) in [7, 11) is 0. The predicted octanol–water partition coefficient (Wildman–Crippen LogP) is 3.21. The highest BCUT2D eigenvalue weighted by molar-refractivity contribution is 5.94. The molecule has 5 nitrogen and oxygen atoms in total. The molecule has 0 unspecified atom stereocenters. The van der Waals surface area contributed by atoms with Gasteiger partial charge in [0, 0.05) is 5.56 Å². The van der Waals surface area contributed by atoms with Gasteiger partial charge in [-0.15, -0.1) is 0 Å². The van der Waals surface area contributed by atoms with Crippen LogP contribution in [0.25, 0.3) is 0 Å². The van der Waals surface area contributed by atoms with Crippen molar-refractivity contribution in [3.05, 3.63) is 66.7 Å². The fourth-order valence-electron chi connectivity index (χ4n) is 2.52. The molecule has 1 aliphatic heterocycles. The Morgan fingerprint density at radius 2 is 2.00 bits per heavy atom. The molecule has 0 aliphatic carbocycles. The van der Waals surface area contributed by atoms with E-state index in [1.807, 2.05) is 31.2 Å². The average molecular weight is 339 g/mol. The first-order valence-electron chi connectivity index (χ1n) is 8.20. The molecule has 2 atom stereocenters. The molecule has 3 rings (SSSR count). The maximum absolute atomic E-state index is 12.4. The van der Waals surface area contributed by atoms with Crippen LogP contribution in [0.15, 0.2) is 61.2 Å². The van der Waals surface area contributed by atoms with Crippen LogP contribution in [-0.2, 0) is 0 Å². The zero-order valence-electron chi connectivity index (χ0n) is 14.1. The summed E-state index contributed by atoms with van der Waals surface area (Å²) in [6, 6.07) is 14.3. The molecule has 0 saturated carbocycles. The molecule has 2 aromatic carbocycles. The molecule has 1 N–H and O–H groups in total. The highest BCUT2D eigenvalue weighted by Gasteiger charge is 2.27. The minimum Gasteiger partial charge on any atom is -0.490 e. The van der Waals surface area contributed by atoms with E-state index < -0.39 is 0 Å². The van der Waals surface area contributed by atoms with E-state index in [2.05, 4.69) is 11.9 Å². The van der Waals surface area contributed by atoms with Gasteiger partial charge >= 0.3 is 0 Å². The van der Waals surface area contributed by atoms with Gasteiger partial charge in [-0.25, -0.2) is 0 Å². The van der Waals surface area contributed by atoms with E-state index >= 15 is 0 Å². The van der Waals surface area contributed by atoms with Crippen LogP contribution >= 0.6 is 0 Å². The maximum atomic E-state index is 12.4. The molecule has 5 heteroatoms. The maximum Gasteiger partial charge on any atom is 0.251 e. The van der Waals surface area contributed by atoms with E-state index in [1.54, 1.807) is 30.3 Å². The summed E-state index contributed by atoms with van der Waals surface area (Å²) in [5.74, 6) is 1.96. The third-order valence-electron chi connectivity index (χ3n) is 3.93. The highest BCUT2D eigenvalue weighted by atomic mass is 16.6. The number of ether oxygens (including phenoxy) is 3. The standard InChI is InChI=1S/C20H21NO4/c1-3-12-23-16-10-8-15(9-11-16)20(22)21-14(2)19-13-24-17-6-4-5-7-18(17)25-19/h3-11,14,19H,1,12-13H2,2H3,(H,21,22)/t14-,19-/m0/s1. The zero-order chi connectivity index (χ0) is 17.6. The van der Waals surface area contributed by atoms with Gasteiger partial charge in [-0.1, -0.05) is 24.8 Å². The lowest BCUT2D eigenvalue weighted by Gasteiger charge is -2.30. The van der Waals surface area contributed by atoms with Gasteiger partial charge in [0.15, 0.2) is 17.6 Å². The zero-order valence-corrected chi connectivity index (χ0v) is 14.1. The molecule has 0 radical (unpaired) electrons. The molecule has 130 valence electrons. The Labute approximate surface area is 147 Å². The second-order valence-corrected chi connectivity index (χ2v) is 5.80. The molecule has 1 amide bonds. The van der Waals surface area contributed by atoms with Gasteiger partial charge in [0.05, 0.1) is 6.04 Å². The van der Waals surface area contributed by atoms with E-state index in [0.29, 0.717) is 30.3 Å². The van der Waals surface area contributed by atoms with Crippen molar-refractivity contribution in [1.82, 2.24) is 5.32 Å². The second kappa shape index (κ2) is 7.75. The van der Waals surface area contributed by atoms with Crippen LogP contribution in [0, 0.1) is 0 Å². The third kappa shape index (κ3) is 4.12. The fraction of sp³-hybridized carbons (Fsp3) is 0.250. The normalized spacial score (nSPS) is 16.6. The van der Waals surface area contributed by atoms with Gasteiger partial charge in [0.25, 0.3) is 5.91 Å². The molecule has 2 aromatic rings. The summed E-state index contributed by atoms with van der Waals surface area (Å²) >= 11 is 0. The Morgan fingerprint density at radius 3 is 2.72 bits per heavy atom. The van der Waals surface area contributed by atoms with E-state index in [0.717, 1.165) is 5.75 Å². The van der Waals surface area contributed by atoms with Crippen LogP contribution in [0.5, 0.6) is 17.2 Å². The Kier molecular flexibility index (Phi) is 5.23. The smallest absolute Gasteiger partial charge is 0.251 e. The Balaban J connectivity index is 1.58. The molecule has 0 aromatic heterocycles. The fourth-order valence-corrected chi connectivity index (χ4v) is 2.52. The Bertz CT molecular complexity index is 742. The summed E-state index contributed by atoms with van der Waals surface area (Å²) in [6.45, 7) is 6.33. The molecule has 0 fully saturated rings. The first-order chi connectivity index (χ1) is 12.2. The number of hydrogen-bond donors (Lipinski definition) is 1. The highest BCUT2D eigenvalue weighted by Crippen LogP contribution is 2.31. The van der Waals surface area contributed by atoms with Crippen LogP contribution in [0.1, 0.15) is 17.3 Å². The van der Waals surface area contributed by atoms with Crippen molar-refractivity contribution in [3.8, 4) is 17.2 Å². The number of amides is 1. The topological polar surface area (TPSA) is 56.8 Å². The number of rotatable bonds is 6. The SMILES string of the molecule is C=CCOc1ccc(C(=O)N[C@@H](C)[C@@H]2COc3ccccc3O2)cc1. The van der Waals surface area contributed by atoms with Crippen LogP contribution in [-0.4, -0.2) is 31.3 Å². The molecular formula is C20H21NO4. The predicted molar refractivity (Wildman–Crippen MR) is 95.4 cm³/mol. The monoisotopic (exact) mass is 339 g/mol. The second-order valence-electron chi connectivity index (χ2n) is 5.80. The van der Waals surface area contributed by atoms with Gasteiger partial charge in [0.2, 0.25) is 0 Å². The van der Waals surface area contributed by atoms with Crippen LogP contribution in [0.2, 0.25) is 0 Å². The van der Waals surface area contributed by atoms with Gasteiger partial charge < -0.3 is 19.5 Å². The lowest BCUT2D eigenvalue weighted by Crippen LogP contribution is -2.48. The molecule has 1 heterocycles. The van der Waals surface area contributed by atoms with E-state index in [1.165, 1.54) is 0 Å². The van der Waals surface area contributed by atoms with Crippen molar-refractivity contribution in [3.63, 3.8) is 0 Å². The van der Waals surface area contributed by atoms with E-state index in [9.17, 15) is 4.79 Å². The number of hydrogen-bond acceptors (Lipinski definition) is 4. The number of nitrogens with one attached hydrogen (secondary N) is 1. The van der Waals surface area contributed by atoms with Crippen molar-refractivity contribution < 1.29 is 19.0 Å². The van der Waals surface area contributed by atoms with E-state index in [-0.39, 0.29) is 18.1 Å². The molecule has 25 heavy (non-hydrogen) atoms. The van der Waals surface area contributed by atoms with Crippen molar-refractivity contribution in [2.75, 3.05) is 13.2 Å². The van der Waals surface area contributed by atoms with Crippen molar-refractivity contribution in [2.45, 2.75) is 19.1 Å². The lowest BCUT2D eigenvalue weighted by molar-refractivity contribution is 0.0606. The number of carbonyl (C=O) groups is 1. The first kappa shape index (κ1) is 16.9. The van der Waals surface area contributed by atoms with Crippen molar-refractivity contribution in [1.29, 1.82) is 0 Å². The summed E-state index contributed by atoms with van der Waals surface area (Å²) in [5.41, 5.74) is 0.565. The largest absolute Gasteiger partial charge is 0.490 e. The number of para-hydroxylation sites is 2. The summed E-state index contributed by atoms with van der Waals surface area (Å²) in [6.07, 6.45) is 1.43. The molecule has 0 saturated heterocycles. The number of benzene rings is 2. The van der Waals surface area contributed by atoms with Crippen LogP contribution in [0.3, 0.4) is 0 Å². The minimum atomic E-state index is -0.242. The Morgan fingerprint density at radius 1 is 1.28 bits per heavy atom. The van der Waals surface area contributed by atoms with Crippen molar-refractivity contribution >= 4 is 5.91 Å². The number of carbonyl (C=O) groups excluding carboxylic acids is 1. The quantitative estimate of drug-likeness (QED) is 0.821. The lowest BCUT2D eigenvalue weighted by atomic mass is 10.1. The molecule has 1 aliphatic rings. The average Bonchev–Trinajstić information content (AvgIpc) is 2.66. The summed E-state index contributed by atoms with van der Waals surface area (Å²) in [4.78, 5) is 12.4. The van der Waals surface area contributed by atoms with Gasteiger partial charge in [-0.3, -0.25) is 4.79 Å². The minimum absolute atomic E-state index is 0.162. The van der Waals surface area contributed by atoms with Gasteiger partial charge in [-0.05, 0) is 43.3 Å². The summed E-state index contributed by atoms with van der Waals surface area (Å²) < 4.78 is 17.0. The van der Waals surface area contributed by atoms with Crippen molar-refractivity contribution in [2.24, 2.45) is 0 Å². The van der Waals surface area contributed by atoms with Crippen LogP contribution < -0.4 is 19.5 Å². The Hall–Kier alpha value is -2.95. The van der Waals surface area contributed by atoms with E-state index in [4.69, 9.17) is 14.2 Å². The number of fused-ring (bicyclic) bond motifs is 1. The summed E-state index contributed by atoms with van der Waals surface area (Å²) in [5, 5.41) is 2.96. The molecule has 0 spiro atoms. The van der Waals surface area contributed by atoms with Crippen LogP contribution in [0.4, 0.5) is 0 Å². The third-order valence-corrected chi connectivity index (χ3v) is 3.93. The first-order valence-corrected chi connectivity index (χ1v) is 8.20.